The van der Waals surface area contributed by atoms with E-state index in [0.29, 0.717) is 31.2 Å². The lowest BCUT2D eigenvalue weighted by molar-refractivity contribution is 0.0745. The number of aromatic nitrogens is 2. The standard InChI is InChI=1S/C22H25FN6O3/c23-16-3-5-17(6-4-16)26-21-18(20(25)30)12-29(27-21)19-13-28(9-7-15(19)11-24)22(31)32-10-8-14-1-2-14/h3-6,12,14-15,19H,1-2,7-10,13H2,(H2,25,30)(H,26,27)/t15-,19+/m1/s1. The zero-order chi connectivity index (χ0) is 22.7. The van der Waals surface area contributed by atoms with E-state index in [4.69, 9.17) is 10.5 Å². The van der Waals surface area contributed by atoms with Gasteiger partial charge in [0.1, 0.15) is 11.4 Å². The summed E-state index contributed by atoms with van der Waals surface area (Å²) in [4.78, 5) is 26.1. The van der Waals surface area contributed by atoms with Crippen molar-refractivity contribution in [3.63, 3.8) is 0 Å². The molecule has 1 aliphatic carbocycles. The Labute approximate surface area is 184 Å². The number of likely N-dealkylation sites (tertiary alicyclic amines) is 1. The zero-order valence-electron chi connectivity index (χ0n) is 17.5. The molecule has 1 saturated heterocycles. The van der Waals surface area contributed by atoms with Crippen LogP contribution in [0.15, 0.2) is 30.5 Å². The van der Waals surface area contributed by atoms with Crippen LogP contribution in [-0.4, -0.2) is 46.4 Å². The summed E-state index contributed by atoms with van der Waals surface area (Å²) in [7, 11) is 0. The Morgan fingerprint density at radius 1 is 1.28 bits per heavy atom. The molecule has 1 saturated carbocycles. The van der Waals surface area contributed by atoms with Crippen LogP contribution in [0.3, 0.4) is 0 Å². The number of ether oxygens (including phenoxy) is 1. The molecule has 3 N–H and O–H groups in total. The summed E-state index contributed by atoms with van der Waals surface area (Å²) in [6, 6.07) is 7.39. The summed E-state index contributed by atoms with van der Waals surface area (Å²) in [5, 5.41) is 17.0. The fraction of sp³-hybridized carbons (Fsp3) is 0.455. The van der Waals surface area contributed by atoms with Gasteiger partial charge in [-0.15, -0.1) is 0 Å². The number of amides is 2. The molecule has 2 amide bonds. The van der Waals surface area contributed by atoms with Crippen LogP contribution >= 0.6 is 0 Å². The number of carbonyl (C=O) groups excluding carboxylic acids is 2. The lowest BCUT2D eigenvalue weighted by Crippen LogP contribution is -2.44. The molecule has 0 bridgehead atoms. The fourth-order valence-corrected chi connectivity index (χ4v) is 3.83. The predicted molar refractivity (Wildman–Crippen MR) is 113 cm³/mol. The number of anilines is 2. The first-order chi connectivity index (χ1) is 15.4. The molecule has 1 aliphatic heterocycles. The summed E-state index contributed by atoms with van der Waals surface area (Å²) >= 11 is 0. The fourth-order valence-electron chi connectivity index (χ4n) is 3.83. The van der Waals surface area contributed by atoms with Crippen molar-refractivity contribution in [3.05, 3.63) is 41.8 Å². The van der Waals surface area contributed by atoms with Crippen LogP contribution in [0.1, 0.15) is 42.1 Å². The van der Waals surface area contributed by atoms with Crippen LogP contribution in [0.5, 0.6) is 0 Å². The highest BCUT2D eigenvalue weighted by atomic mass is 19.1. The molecule has 0 spiro atoms. The summed E-state index contributed by atoms with van der Waals surface area (Å²) in [6.45, 7) is 1.05. The Hall–Kier alpha value is -3.61. The van der Waals surface area contributed by atoms with Crippen LogP contribution < -0.4 is 11.1 Å². The highest BCUT2D eigenvalue weighted by Gasteiger charge is 2.35. The molecule has 0 radical (unpaired) electrons. The van der Waals surface area contributed by atoms with E-state index in [9.17, 15) is 19.2 Å². The van der Waals surface area contributed by atoms with Gasteiger partial charge in [0, 0.05) is 25.0 Å². The third-order valence-corrected chi connectivity index (χ3v) is 5.90. The first kappa shape index (κ1) is 21.6. The number of carbonyl (C=O) groups is 2. The Bertz CT molecular complexity index is 1030. The second kappa shape index (κ2) is 9.26. The normalized spacial score (nSPS) is 20.4. The van der Waals surface area contributed by atoms with E-state index in [1.807, 2.05) is 0 Å². The molecule has 0 unspecified atom stereocenters. The smallest absolute Gasteiger partial charge is 0.409 e. The summed E-state index contributed by atoms with van der Waals surface area (Å²) in [5.74, 6) is -0.612. The third kappa shape index (κ3) is 4.99. The van der Waals surface area contributed by atoms with Crippen molar-refractivity contribution in [3.8, 4) is 6.07 Å². The number of hydrogen-bond donors (Lipinski definition) is 2. The second-order valence-corrected chi connectivity index (χ2v) is 8.25. The first-order valence-electron chi connectivity index (χ1n) is 10.7. The Morgan fingerprint density at radius 3 is 2.69 bits per heavy atom. The van der Waals surface area contributed by atoms with E-state index in [-0.39, 0.29) is 23.7 Å². The molecule has 2 aliphatic rings. The van der Waals surface area contributed by atoms with Crippen LogP contribution in [0.4, 0.5) is 20.7 Å². The molecule has 2 atom stereocenters. The highest BCUT2D eigenvalue weighted by molar-refractivity contribution is 5.98. The van der Waals surface area contributed by atoms with E-state index in [1.54, 1.807) is 4.90 Å². The van der Waals surface area contributed by atoms with Gasteiger partial charge in [-0.3, -0.25) is 9.48 Å². The van der Waals surface area contributed by atoms with Crippen LogP contribution in [0, 0.1) is 29.0 Å². The Morgan fingerprint density at radius 2 is 2.03 bits per heavy atom. The number of piperidine rings is 1. The van der Waals surface area contributed by atoms with Crippen molar-refractivity contribution >= 4 is 23.5 Å². The summed E-state index contributed by atoms with van der Waals surface area (Å²) in [5.41, 5.74) is 6.18. The van der Waals surface area contributed by atoms with Gasteiger partial charge in [-0.1, -0.05) is 12.8 Å². The Kier molecular flexibility index (Phi) is 6.25. The SMILES string of the molecule is N#C[C@H]1CCN(C(=O)OCCC2CC2)C[C@@H]1n1cc(C(N)=O)c(Nc2ccc(F)cc2)n1. The molecule has 10 heteroatoms. The minimum atomic E-state index is -0.693. The number of nitriles is 1. The molecule has 168 valence electrons. The van der Waals surface area contributed by atoms with E-state index >= 15 is 0 Å². The summed E-state index contributed by atoms with van der Waals surface area (Å²) in [6.07, 6.45) is 4.81. The maximum atomic E-state index is 13.2. The molecule has 9 nitrogen and oxygen atoms in total. The van der Waals surface area contributed by atoms with Crippen molar-refractivity contribution in [2.24, 2.45) is 17.6 Å². The van der Waals surface area contributed by atoms with Crippen molar-refractivity contribution in [2.45, 2.75) is 31.7 Å². The number of halogens is 1. The number of nitrogens with zero attached hydrogens (tertiary/aromatic N) is 4. The van der Waals surface area contributed by atoms with Crippen LogP contribution in [-0.2, 0) is 4.74 Å². The van der Waals surface area contributed by atoms with E-state index in [0.717, 1.165) is 6.42 Å². The van der Waals surface area contributed by atoms with Gasteiger partial charge in [-0.25, -0.2) is 9.18 Å². The van der Waals surface area contributed by atoms with Crippen molar-refractivity contribution in [1.29, 1.82) is 5.26 Å². The molecular weight excluding hydrogens is 415 g/mol. The van der Waals surface area contributed by atoms with Gasteiger partial charge in [0.25, 0.3) is 5.91 Å². The minimum absolute atomic E-state index is 0.134. The van der Waals surface area contributed by atoms with Gasteiger partial charge in [-0.2, -0.15) is 10.4 Å². The van der Waals surface area contributed by atoms with Gasteiger partial charge >= 0.3 is 6.09 Å². The van der Waals surface area contributed by atoms with Crippen molar-refractivity contribution in [1.82, 2.24) is 14.7 Å². The van der Waals surface area contributed by atoms with E-state index in [2.05, 4.69) is 16.5 Å². The van der Waals surface area contributed by atoms with Gasteiger partial charge in [0.2, 0.25) is 0 Å². The molecule has 4 rings (SSSR count). The third-order valence-electron chi connectivity index (χ3n) is 5.90. The zero-order valence-corrected chi connectivity index (χ0v) is 17.5. The quantitative estimate of drug-likeness (QED) is 0.681. The van der Waals surface area contributed by atoms with Gasteiger partial charge < -0.3 is 20.7 Å². The van der Waals surface area contributed by atoms with E-state index in [1.165, 1.54) is 48.0 Å². The number of rotatable bonds is 7. The maximum absolute atomic E-state index is 13.2. The number of primary amides is 1. The first-order valence-corrected chi connectivity index (χ1v) is 10.7. The molecule has 2 aromatic rings. The number of nitrogens with one attached hydrogen (secondary N) is 1. The monoisotopic (exact) mass is 440 g/mol. The molecule has 2 heterocycles. The van der Waals surface area contributed by atoms with Crippen molar-refractivity contribution in [2.75, 3.05) is 25.0 Å². The number of hydrogen-bond acceptors (Lipinski definition) is 6. The predicted octanol–water partition coefficient (Wildman–Crippen LogP) is 3.19. The topological polar surface area (TPSA) is 126 Å². The lowest BCUT2D eigenvalue weighted by atomic mass is 9.93. The highest BCUT2D eigenvalue weighted by Crippen LogP contribution is 2.33. The minimum Gasteiger partial charge on any atom is -0.449 e. The maximum Gasteiger partial charge on any atom is 0.409 e. The second-order valence-electron chi connectivity index (χ2n) is 8.25. The average molecular weight is 440 g/mol. The summed E-state index contributed by atoms with van der Waals surface area (Å²) < 4.78 is 20.1. The molecule has 1 aromatic carbocycles. The molecule has 1 aromatic heterocycles. The Balaban J connectivity index is 1.51. The molecule has 2 fully saturated rings. The lowest BCUT2D eigenvalue weighted by Gasteiger charge is -2.35. The van der Waals surface area contributed by atoms with Gasteiger partial charge in [0.15, 0.2) is 5.82 Å². The van der Waals surface area contributed by atoms with Crippen molar-refractivity contribution < 1.29 is 18.7 Å². The number of benzene rings is 1. The van der Waals surface area contributed by atoms with Crippen LogP contribution in [0.2, 0.25) is 0 Å². The van der Waals surface area contributed by atoms with Gasteiger partial charge in [-0.05, 0) is 43.0 Å². The molecular formula is C22H25FN6O3. The number of nitrogens with two attached hydrogens (primary N) is 1. The van der Waals surface area contributed by atoms with Crippen LogP contribution in [0.25, 0.3) is 0 Å². The largest absolute Gasteiger partial charge is 0.449 e. The average Bonchev–Trinajstić information content (AvgIpc) is 3.51. The van der Waals surface area contributed by atoms with Gasteiger partial charge in [0.05, 0.1) is 24.6 Å². The molecule has 32 heavy (non-hydrogen) atoms. The van der Waals surface area contributed by atoms with E-state index < -0.39 is 24.0 Å².